The SMILES string of the molecule is Cc1ccc(/C=C/NC(=O)Nc2ccccn2)cc1. The molecule has 0 atom stereocenters. The number of benzene rings is 1. The minimum Gasteiger partial charge on any atom is -0.314 e. The monoisotopic (exact) mass is 253 g/mol. The van der Waals surface area contributed by atoms with E-state index < -0.39 is 0 Å². The maximum atomic E-state index is 11.5. The second-order valence-corrected chi connectivity index (χ2v) is 4.06. The predicted octanol–water partition coefficient (Wildman–Crippen LogP) is 3.18. The molecular formula is C15H15N3O. The number of carbonyl (C=O) groups is 1. The minimum atomic E-state index is -0.318. The highest BCUT2D eigenvalue weighted by Crippen LogP contribution is 2.04. The molecule has 0 radical (unpaired) electrons. The molecule has 0 saturated heterocycles. The van der Waals surface area contributed by atoms with E-state index in [0.717, 1.165) is 5.56 Å². The van der Waals surface area contributed by atoms with Gasteiger partial charge in [-0.1, -0.05) is 35.9 Å². The van der Waals surface area contributed by atoms with Gasteiger partial charge >= 0.3 is 6.03 Å². The van der Waals surface area contributed by atoms with Crippen LogP contribution in [0, 0.1) is 6.92 Å². The highest BCUT2D eigenvalue weighted by Gasteiger charge is 1.98. The number of urea groups is 1. The smallest absolute Gasteiger partial charge is 0.314 e. The number of aryl methyl sites for hydroxylation is 1. The fourth-order valence-electron chi connectivity index (χ4n) is 1.48. The Balaban J connectivity index is 1.85. The van der Waals surface area contributed by atoms with Crippen molar-refractivity contribution in [2.24, 2.45) is 0 Å². The summed E-state index contributed by atoms with van der Waals surface area (Å²) in [7, 11) is 0. The maximum absolute atomic E-state index is 11.5. The largest absolute Gasteiger partial charge is 0.324 e. The second kappa shape index (κ2) is 6.35. The quantitative estimate of drug-likeness (QED) is 0.882. The molecule has 2 N–H and O–H groups in total. The van der Waals surface area contributed by atoms with Crippen molar-refractivity contribution in [2.45, 2.75) is 6.92 Å². The van der Waals surface area contributed by atoms with Gasteiger partial charge in [0.05, 0.1) is 0 Å². The van der Waals surface area contributed by atoms with Gasteiger partial charge in [0.1, 0.15) is 5.82 Å². The van der Waals surface area contributed by atoms with Crippen molar-refractivity contribution >= 4 is 17.9 Å². The molecule has 19 heavy (non-hydrogen) atoms. The third-order valence-corrected chi connectivity index (χ3v) is 2.47. The van der Waals surface area contributed by atoms with Crippen LogP contribution in [-0.2, 0) is 0 Å². The summed E-state index contributed by atoms with van der Waals surface area (Å²) in [5, 5.41) is 5.25. The molecule has 4 heteroatoms. The number of amides is 2. The van der Waals surface area contributed by atoms with Gasteiger partial charge in [0, 0.05) is 12.4 Å². The van der Waals surface area contributed by atoms with Crippen LogP contribution in [0.5, 0.6) is 0 Å². The summed E-state index contributed by atoms with van der Waals surface area (Å²) < 4.78 is 0. The number of pyridine rings is 1. The van der Waals surface area contributed by atoms with E-state index >= 15 is 0 Å². The molecule has 0 saturated carbocycles. The molecule has 0 aliphatic heterocycles. The lowest BCUT2D eigenvalue weighted by atomic mass is 10.1. The third-order valence-electron chi connectivity index (χ3n) is 2.47. The second-order valence-electron chi connectivity index (χ2n) is 4.06. The van der Waals surface area contributed by atoms with Crippen molar-refractivity contribution in [3.8, 4) is 0 Å². The van der Waals surface area contributed by atoms with E-state index in [2.05, 4.69) is 15.6 Å². The number of hydrogen-bond acceptors (Lipinski definition) is 2. The average Bonchev–Trinajstić information content (AvgIpc) is 2.42. The molecule has 0 aliphatic rings. The normalized spacial score (nSPS) is 10.4. The van der Waals surface area contributed by atoms with Crippen LogP contribution in [0.2, 0.25) is 0 Å². The van der Waals surface area contributed by atoms with Gasteiger partial charge in [0.15, 0.2) is 0 Å². The molecule has 0 unspecified atom stereocenters. The fourth-order valence-corrected chi connectivity index (χ4v) is 1.48. The maximum Gasteiger partial charge on any atom is 0.324 e. The molecule has 2 rings (SSSR count). The zero-order valence-electron chi connectivity index (χ0n) is 10.6. The van der Waals surface area contributed by atoms with Crippen LogP contribution < -0.4 is 10.6 Å². The van der Waals surface area contributed by atoms with E-state index in [9.17, 15) is 4.79 Å². The zero-order valence-corrected chi connectivity index (χ0v) is 10.6. The van der Waals surface area contributed by atoms with E-state index in [4.69, 9.17) is 0 Å². The van der Waals surface area contributed by atoms with E-state index in [-0.39, 0.29) is 6.03 Å². The van der Waals surface area contributed by atoms with Crippen molar-refractivity contribution in [2.75, 3.05) is 5.32 Å². The Kier molecular flexibility index (Phi) is 4.29. The van der Waals surface area contributed by atoms with Crippen molar-refractivity contribution in [3.63, 3.8) is 0 Å². The van der Waals surface area contributed by atoms with E-state index in [1.54, 1.807) is 24.5 Å². The Morgan fingerprint density at radius 3 is 2.63 bits per heavy atom. The average molecular weight is 253 g/mol. The molecular weight excluding hydrogens is 238 g/mol. The van der Waals surface area contributed by atoms with Gasteiger partial charge in [-0.3, -0.25) is 5.32 Å². The van der Waals surface area contributed by atoms with E-state index in [1.165, 1.54) is 5.56 Å². The number of anilines is 1. The molecule has 4 nitrogen and oxygen atoms in total. The third kappa shape index (κ3) is 4.27. The first kappa shape index (κ1) is 12.8. The van der Waals surface area contributed by atoms with E-state index in [1.807, 2.05) is 43.3 Å². The molecule has 0 fully saturated rings. The van der Waals surface area contributed by atoms with Crippen molar-refractivity contribution in [1.29, 1.82) is 0 Å². The topological polar surface area (TPSA) is 54.0 Å². The number of nitrogens with zero attached hydrogens (tertiary/aromatic N) is 1. The Labute approximate surface area is 112 Å². The fraction of sp³-hybridized carbons (Fsp3) is 0.0667. The molecule has 0 aliphatic carbocycles. The molecule has 96 valence electrons. The van der Waals surface area contributed by atoms with Crippen LogP contribution in [0.15, 0.2) is 54.9 Å². The Morgan fingerprint density at radius 1 is 1.16 bits per heavy atom. The van der Waals surface area contributed by atoms with Gasteiger partial charge in [-0.25, -0.2) is 9.78 Å². The van der Waals surface area contributed by atoms with Crippen LogP contribution in [0.25, 0.3) is 6.08 Å². The molecule has 1 heterocycles. The number of hydrogen-bond donors (Lipinski definition) is 2. The van der Waals surface area contributed by atoms with Crippen molar-refractivity contribution in [3.05, 3.63) is 66.0 Å². The van der Waals surface area contributed by atoms with Crippen LogP contribution in [0.4, 0.5) is 10.6 Å². The Bertz CT molecular complexity index is 562. The summed E-state index contributed by atoms with van der Waals surface area (Å²) in [5.41, 5.74) is 2.24. The molecule has 0 bridgehead atoms. The number of rotatable bonds is 3. The Morgan fingerprint density at radius 2 is 1.95 bits per heavy atom. The lowest BCUT2D eigenvalue weighted by Crippen LogP contribution is -2.24. The van der Waals surface area contributed by atoms with Crippen LogP contribution in [0.3, 0.4) is 0 Å². The van der Waals surface area contributed by atoms with Gasteiger partial charge in [0.25, 0.3) is 0 Å². The van der Waals surface area contributed by atoms with E-state index in [0.29, 0.717) is 5.82 Å². The minimum absolute atomic E-state index is 0.318. The highest BCUT2D eigenvalue weighted by molar-refractivity contribution is 5.89. The summed E-state index contributed by atoms with van der Waals surface area (Å²) in [6.45, 7) is 2.03. The first-order valence-electron chi connectivity index (χ1n) is 5.96. The van der Waals surface area contributed by atoms with Gasteiger partial charge in [-0.15, -0.1) is 0 Å². The summed E-state index contributed by atoms with van der Waals surface area (Å²) >= 11 is 0. The first-order valence-corrected chi connectivity index (χ1v) is 5.96. The zero-order chi connectivity index (χ0) is 13.5. The number of aromatic nitrogens is 1. The predicted molar refractivity (Wildman–Crippen MR) is 76.6 cm³/mol. The highest BCUT2D eigenvalue weighted by atomic mass is 16.2. The van der Waals surface area contributed by atoms with Crippen molar-refractivity contribution < 1.29 is 4.79 Å². The lowest BCUT2D eigenvalue weighted by molar-refractivity contribution is 0.255. The summed E-state index contributed by atoms with van der Waals surface area (Å²) in [4.78, 5) is 15.5. The molecule has 2 aromatic rings. The van der Waals surface area contributed by atoms with Gasteiger partial charge < -0.3 is 5.32 Å². The van der Waals surface area contributed by atoms with Gasteiger partial charge in [0.2, 0.25) is 0 Å². The van der Waals surface area contributed by atoms with Gasteiger partial charge in [-0.05, 0) is 30.7 Å². The lowest BCUT2D eigenvalue weighted by Gasteiger charge is -2.02. The van der Waals surface area contributed by atoms with Crippen molar-refractivity contribution in [1.82, 2.24) is 10.3 Å². The number of nitrogens with one attached hydrogen (secondary N) is 2. The Hall–Kier alpha value is -2.62. The summed E-state index contributed by atoms with van der Waals surface area (Å²) in [6.07, 6.45) is 5.05. The standard InChI is InChI=1S/C15H15N3O/c1-12-5-7-13(8-6-12)9-11-17-15(19)18-14-4-2-3-10-16-14/h2-11H,1H3,(H2,16,17,18,19)/b11-9+. The number of carbonyl (C=O) groups excluding carboxylic acids is 1. The first-order chi connectivity index (χ1) is 9.24. The summed E-state index contributed by atoms with van der Waals surface area (Å²) in [5.74, 6) is 0.517. The molecule has 0 spiro atoms. The van der Waals surface area contributed by atoms with Crippen LogP contribution in [0.1, 0.15) is 11.1 Å². The molecule has 1 aromatic heterocycles. The summed E-state index contributed by atoms with van der Waals surface area (Å²) in [6, 6.07) is 13.0. The van der Waals surface area contributed by atoms with Gasteiger partial charge in [-0.2, -0.15) is 0 Å². The van der Waals surface area contributed by atoms with Crippen LogP contribution in [-0.4, -0.2) is 11.0 Å². The molecule has 1 aromatic carbocycles. The van der Waals surface area contributed by atoms with Crippen LogP contribution >= 0.6 is 0 Å². The molecule has 2 amide bonds.